The minimum Gasteiger partial charge on any atom is -0.539 e. The number of quaternary nitrogens is 1. The predicted octanol–water partition coefficient (Wildman–Crippen LogP) is 2.16. The molecule has 1 unspecified atom stereocenters. The van der Waals surface area contributed by atoms with Gasteiger partial charge in [-0.15, -0.1) is 0 Å². The van der Waals surface area contributed by atoms with Gasteiger partial charge in [0.15, 0.2) is 5.97 Å². The molecule has 0 saturated carbocycles. The van der Waals surface area contributed by atoms with Crippen LogP contribution in [0.1, 0.15) is 71.5 Å². The van der Waals surface area contributed by atoms with Crippen LogP contribution in [0.3, 0.4) is 0 Å². The minimum absolute atomic E-state index is 0.0159. The summed E-state index contributed by atoms with van der Waals surface area (Å²) in [5.74, 6) is -4.59. The van der Waals surface area contributed by atoms with Crippen molar-refractivity contribution < 1.29 is 58.1 Å². The highest BCUT2D eigenvalue weighted by molar-refractivity contribution is 6.30. The fourth-order valence-electron chi connectivity index (χ4n) is 7.23. The number of fused-ring (bicyclic) bond motifs is 1. The van der Waals surface area contributed by atoms with Crippen LogP contribution in [-0.2, 0) is 35.1 Å². The van der Waals surface area contributed by atoms with E-state index in [-0.39, 0.29) is 49.5 Å². The number of aliphatic carboxylic acids is 2. The Morgan fingerprint density at radius 2 is 1.55 bits per heavy atom. The molecule has 1 aliphatic rings. The largest absolute Gasteiger partial charge is 0.539 e. The van der Waals surface area contributed by atoms with Crippen molar-refractivity contribution >= 4 is 64.0 Å². The summed E-state index contributed by atoms with van der Waals surface area (Å²) in [5.41, 5.74) is 2.93. The number of rotatable bonds is 17. The van der Waals surface area contributed by atoms with Crippen molar-refractivity contribution in [1.29, 1.82) is 0 Å². The molecule has 3 aromatic carbocycles. The van der Waals surface area contributed by atoms with E-state index in [0.29, 0.717) is 84.5 Å². The average molecular weight is 876 g/mol. The molecule has 1 aromatic heterocycles. The van der Waals surface area contributed by atoms with Gasteiger partial charge in [0.05, 0.1) is 45.2 Å². The number of carboxylic acids is 2. The minimum atomic E-state index is -2.07. The molecule has 0 radical (unpaired) electrons. The van der Waals surface area contributed by atoms with E-state index in [4.69, 9.17) is 40.9 Å². The van der Waals surface area contributed by atoms with Gasteiger partial charge in [-0.2, -0.15) is 0 Å². The number of nitrogens with one attached hydrogen (secondary N) is 2. The van der Waals surface area contributed by atoms with E-state index in [9.17, 15) is 24.0 Å². The third kappa shape index (κ3) is 13.4. The first-order chi connectivity index (χ1) is 29.7. The summed E-state index contributed by atoms with van der Waals surface area (Å²) in [5, 5.41) is 20.5. The number of aromatic nitrogens is 1. The summed E-state index contributed by atoms with van der Waals surface area (Å²) in [6.07, 6.45) is 1.92. The van der Waals surface area contributed by atoms with E-state index in [1.54, 1.807) is 71.2 Å². The van der Waals surface area contributed by atoms with E-state index < -0.39 is 23.9 Å². The van der Waals surface area contributed by atoms with Gasteiger partial charge in [0.25, 0.3) is 11.8 Å². The fourth-order valence-corrected chi connectivity index (χ4v) is 7.36. The molecule has 3 amide bonds. The number of nitrogens with zero attached hydrogens (tertiary/aromatic N) is 3. The molecule has 5 rings (SSSR count). The Hall–Kier alpha value is -6.26. The van der Waals surface area contributed by atoms with Crippen LogP contribution in [0, 0.1) is 6.92 Å². The Morgan fingerprint density at radius 1 is 0.919 bits per heavy atom. The normalized spacial score (nSPS) is 13.0. The molecule has 4 aromatic rings. The summed E-state index contributed by atoms with van der Waals surface area (Å²) in [6.45, 7) is 10.3. The number of esters is 1. The number of amides is 3. The summed E-state index contributed by atoms with van der Waals surface area (Å²) in [6, 6.07) is 20.1. The quantitative estimate of drug-likeness (QED) is 0.103. The van der Waals surface area contributed by atoms with Gasteiger partial charge in [0, 0.05) is 46.7 Å². The van der Waals surface area contributed by atoms with Crippen LogP contribution < -0.4 is 20.1 Å². The zero-order chi connectivity index (χ0) is 45.3. The first-order valence-electron chi connectivity index (χ1n) is 20.5. The van der Waals surface area contributed by atoms with Crippen molar-refractivity contribution in [2.24, 2.45) is 0 Å². The number of carbonyl (C=O) groups is 7. The second kappa shape index (κ2) is 23.7. The first kappa shape index (κ1) is 48.4. The monoisotopic (exact) mass is 875 g/mol. The highest BCUT2D eigenvalue weighted by atomic mass is 35.5. The maximum absolute atomic E-state index is 13.6. The van der Waals surface area contributed by atoms with Crippen LogP contribution in [-0.4, -0.2) is 127 Å². The van der Waals surface area contributed by atoms with E-state index in [2.05, 4.69) is 5.32 Å². The molecular weight excluding hydrogens is 822 g/mol. The van der Waals surface area contributed by atoms with E-state index in [1.807, 2.05) is 43.9 Å². The number of ether oxygens (including phenoxy) is 2. The van der Waals surface area contributed by atoms with Crippen molar-refractivity contribution in [3.05, 3.63) is 100 Å². The molecule has 0 aliphatic carbocycles. The molecule has 0 bridgehead atoms. The summed E-state index contributed by atoms with van der Waals surface area (Å²) in [4.78, 5) is 89.6. The lowest BCUT2D eigenvalue weighted by molar-refractivity contribution is -0.904. The molecule has 3 N–H and O–H groups in total. The number of carboxylic acid groups (broad SMARTS) is 2. The predicted molar refractivity (Wildman–Crippen MR) is 228 cm³/mol. The molecule has 0 spiro atoms. The van der Waals surface area contributed by atoms with Crippen LogP contribution in [0.5, 0.6) is 5.75 Å². The topological polar surface area (TPSA) is 209 Å². The van der Waals surface area contributed by atoms with Crippen LogP contribution >= 0.6 is 11.6 Å². The lowest BCUT2D eigenvalue weighted by Crippen LogP contribution is -3.15. The Balaban J connectivity index is 0.00000131. The van der Waals surface area contributed by atoms with Crippen molar-refractivity contribution in [2.45, 2.75) is 58.9 Å². The molecule has 1 saturated heterocycles. The molecular formula is C45H54ClN5O11. The van der Waals surface area contributed by atoms with Crippen molar-refractivity contribution in [3.8, 4) is 5.75 Å². The fraction of sp³-hybridized carbons (Fsp3) is 0.400. The zero-order valence-corrected chi connectivity index (χ0v) is 36.2. The number of halogens is 1. The Bertz CT molecular complexity index is 2180. The first-order valence-corrected chi connectivity index (χ1v) is 20.9. The van der Waals surface area contributed by atoms with Gasteiger partial charge in [0.1, 0.15) is 24.9 Å². The number of methoxy groups -OCH3 is 1. The highest BCUT2D eigenvalue weighted by Gasteiger charge is 2.29. The maximum atomic E-state index is 13.6. The standard InChI is InChI=1S/C43H52ClN5O7.C2H2O4/c1-5-20-48(21-6-2)43(54)37(45-41(52)31-10-8-7-9-11-31)17-19-39(50)47-24-22-46(23-25-47)26-27-56-40(51)29-35-30(3)49(38-18-16-34(55-4)28-36(35)38)42(53)32-12-14-33(44)15-13-32;3-1(4)2(5)6/h7-16,18,28,37H,5-6,17,19-27,29H2,1-4H3,(H,45,52);(H,3,4)(H,5,6). The van der Waals surface area contributed by atoms with Crippen molar-refractivity contribution in [1.82, 2.24) is 19.7 Å². The Labute approximate surface area is 365 Å². The van der Waals surface area contributed by atoms with Crippen LogP contribution in [0.4, 0.5) is 0 Å². The Morgan fingerprint density at radius 3 is 2.13 bits per heavy atom. The number of hydrogen-bond donors (Lipinski definition) is 3. The molecule has 1 atom stereocenters. The van der Waals surface area contributed by atoms with Crippen LogP contribution in [0.15, 0.2) is 72.8 Å². The van der Waals surface area contributed by atoms with Crippen LogP contribution in [0.2, 0.25) is 5.02 Å². The van der Waals surface area contributed by atoms with Crippen molar-refractivity contribution in [3.63, 3.8) is 0 Å². The van der Waals surface area contributed by atoms with E-state index in [1.165, 1.54) is 4.90 Å². The number of benzene rings is 3. The summed E-state index contributed by atoms with van der Waals surface area (Å²) < 4.78 is 12.8. The smallest absolute Gasteiger partial charge is 0.351 e. The van der Waals surface area contributed by atoms with Gasteiger partial charge < -0.3 is 44.5 Å². The third-order valence-electron chi connectivity index (χ3n) is 10.5. The molecule has 62 heavy (non-hydrogen) atoms. The van der Waals surface area contributed by atoms with Gasteiger partial charge in [0.2, 0.25) is 11.8 Å². The second-order valence-electron chi connectivity index (χ2n) is 14.7. The van der Waals surface area contributed by atoms with Gasteiger partial charge in [-0.25, -0.2) is 4.79 Å². The van der Waals surface area contributed by atoms with E-state index >= 15 is 0 Å². The van der Waals surface area contributed by atoms with Gasteiger partial charge >= 0.3 is 11.9 Å². The van der Waals surface area contributed by atoms with Gasteiger partial charge in [-0.1, -0.05) is 43.6 Å². The number of carbonyl (C=O) groups excluding carboxylic acids is 6. The second-order valence-corrected chi connectivity index (χ2v) is 15.2. The van der Waals surface area contributed by atoms with Crippen LogP contribution in [0.25, 0.3) is 10.9 Å². The molecule has 1 fully saturated rings. The molecule has 1 aliphatic heterocycles. The maximum Gasteiger partial charge on any atom is 0.351 e. The SMILES string of the molecule is CCCN(CCC)C(=O)C(CCC(=O)N1CC[NH+](CCOC(=O)Cc2c(C)n(C(=O)c3ccc(Cl)cc3)c3ccc(OC)cc23)CC1)NC(=O)c1ccccc1.O=C([O-])C(=O)O. The lowest BCUT2D eigenvalue weighted by Gasteiger charge is -2.33. The molecule has 332 valence electrons. The lowest BCUT2D eigenvalue weighted by atomic mass is 10.1. The summed E-state index contributed by atoms with van der Waals surface area (Å²) >= 11 is 6.05. The van der Waals surface area contributed by atoms with Crippen molar-refractivity contribution in [2.75, 3.05) is 59.5 Å². The zero-order valence-electron chi connectivity index (χ0n) is 35.4. The number of piperazine rings is 1. The number of hydrogen-bond acceptors (Lipinski definition) is 10. The third-order valence-corrected chi connectivity index (χ3v) is 10.7. The highest BCUT2D eigenvalue weighted by Crippen LogP contribution is 2.31. The average Bonchev–Trinajstić information content (AvgIpc) is 3.54. The summed E-state index contributed by atoms with van der Waals surface area (Å²) in [7, 11) is 1.57. The van der Waals surface area contributed by atoms with Gasteiger partial charge in [-0.3, -0.25) is 28.5 Å². The Kier molecular flexibility index (Phi) is 18.5. The molecule has 16 nitrogen and oxygen atoms in total. The molecule has 2 heterocycles. The molecule has 17 heteroatoms. The van der Waals surface area contributed by atoms with Gasteiger partial charge in [-0.05, 0) is 86.3 Å². The van der Waals surface area contributed by atoms with E-state index in [0.717, 1.165) is 18.2 Å².